The SMILES string of the molecule is COc1cccc(Sc2ccc(C(=O)O)cc2Cl)c1. The first-order valence-corrected chi connectivity index (χ1v) is 6.64. The molecule has 0 radical (unpaired) electrons. The Balaban J connectivity index is 2.25. The summed E-state index contributed by atoms with van der Waals surface area (Å²) in [6, 6.07) is 12.3. The molecule has 0 aliphatic rings. The van der Waals surface area contributed by atoms with Gasteiger partial charge >= 0.3 is 5.97 Å². The molecular weight excluding hydrogens is 284 g/mol. The third-order valence-corrected chi connectivity index (χ3v) is 3.94. The lowest BCUT2D eigenvalue weighted by Gasteiger charge is -2.06. The van der Waals surface area contributed by atoms with Crippen LogP contribution in [-0.2, 0) is 0 Å². The molecule has 2 aromatic rings. The summed E-state index contributed by atoms with van der Waals surface area (Å²) in [5.41, 5.74) is 0.181. The normalized spacial score (nSPS) is 10.2. The Kier molecular flexibility index (Phi) is 4.35. The summed E-state index contributed by atoms with van der Waals surface area (Å²) >= 11 is 7.54. The van der Waals surface area contributed by atoms with Gasteiger partial charge in [0.25, 0.3) is 0 Å². The molecule has 19 heavy (non-hydrogen) atoms. The molecule has 5 heteroatoms. The first-order valence-electron chi connectivity index (χ1n) is 5.45. The van der Waals surface area contributed by atoms with Gasteiger partial charge in [-0.3, -0.25) is 0 Å². The molecular formula is C14H11ClO3S. The van der Waals surface area contributed by atoms with Crippen LogP contribution in [0.3, 0.4) is 0 Å². The van der Waals surface area contributed by atoms with E-state index in [4.69, 9.17) is 21.4 Å². The van der Waals surface area contributed by atoms with Crippen molar-refractivity contribution in [2.45, 2.75) is 9.79 Å². The molecule has 98 valence electrons. The third-order valence-electron chi connectivity index (χ3n) is 2.45. The summed E-state index contributed by atoms with van der Waals surface area (Å²) in [7, 11) is 1.61. The molecule has 0 amide bonds. The van der Waals surface area contributed by atoms with Crippen LogP contribution in [0.15, 0.2) is 52.3 Å². The maximum absolute atomic E-state index is 10.8. The molecule has 3 nitrogen and oxygen atoms in total. The van der Waals surface area contributed by atoms with Crippen LogP contribution in [0.25, 0.3) is 0 Å². The van der Waals surface area contributed by atoms with Crippen molar-refractivity contribution in [2.24, 2.45) is 0 Å². The van der Waals surface area contributed by atoms with Crippen molar-refractivity contribution < 1.29 is 14.6 Å². The molecule has 2 rings (SSSR count). The number of ether oxygens (including phenoxy) is 1. The third kappa shape index (κ3) is 3.43. The van der Waals surface area contributed by atoms with E-state index in [1.54, 1.807) is 13.2 Å². The van der Waals surface area contributed by atoms with Crippen molar-refractivity contribution in [1.82, 2.24) is 0 Å². The summed E-state index contributed by atoms with van der Waals surface area (Å²) in [4.78, 5) is 12.6. The summed E-state index contributed by atoms with van der Waals surface area (Å²) in [5.74, 6) is -0.219. The maximum atomic E-state index is 10.8. The number of benzene rings is 2. The topological polar surface area (TPSA) is 46.5 Å². The number of carboxylic acids is 1. The Morgan fingerprint density at radius 3 is 2.68 bits per heavy atom. The molecule has 0 heterocycles. The average Bonchev–Trinajstić information content (AvgIpc) is 2.41. The zero-order valence-electron chi connectivity index (χ0n) is 10.1. The van der Waals surface area contributed by atoms with Gasteiger partial charge in [-0.25, -0.2) is 4.79 Å². The summed E-state index contributed by atoms with van der Waals surface area (Å²) in [6.45, 7) is 0. The van der Waals surface area contributed by atoms with E-state index in [1.165, 1.54) is 23.9 Å². The maximum Gasteiger partial charge on any atom is 0.335 e. The van der Waals surface area contributed by atoms with Gasteiger partial charge in [0.15, 0.2) is 0 Å². The van der Waals surface area contributed by atoms with Crippen molar-refractivity contribution in [1.29, 1.82) is 0 Å². The highest BCUT2D eigenvalue weighted by Crippen LogP contribution is 2.35. The summed E-state index contributed by atoms with van der Waals surface area (Å²) in [6.07, 6.45) is 0. The molecule has 0 atom stereocenters. The highest BCUT2D eigenvalue weighted by Gasteiger charge is 2.08. The number of hydrogen-bond acceptors (Lipinski definition) is 3. The van der Waals surface area contributed by atoms with E-state index in [1.807, 2.05) is 24.3 Å². The predicted molar refractivity (Wildman–Crippen MR) is 75.5 cm³/mol. The fraction of sp³-hybridized carbons (Fsp3) is 0.0714. The molecule has 0 saturated carbocycles. The Hall–Kier alpha value is -1.65. The Labute approximate surface area is 120 Å². The van der Waals surface area contributed by atoms with Gasteiger partial charge in [0.2, 0.25) is 0 Å². The molecule has 0 bridgehead atoms. The van der Waals surface area contributed by atoms with E-state index >= 15 is 0 Å². The molecule has 0 unspecified atom stereocenters. The number of aromatic carboxylic acids is 1. The minimum atomic E-state index is -0.986. The summed E-state index contributed by atoms with van der Waals surface area (Å²) < 4.78 is 5.15. The molecule has 0 aliphatic heterocycles. The van der Waals surface area contributed by atoms with E-state index in [9.17, 15) is 4.79 Å². The van der Waals surface area contributed by atoms with Crippen LogP contribution in [0.1, 0.15) is 10.4 Å². The average molecular weight is 295 g/mol. The second-order valence-corrected chi connectivity index (χ2v) is 5.25. The Morgan fingerprint density at radius 2 is 2.05 bits per heavy atom. The van der Waals surface area contributed by atoms with Crippen LogP contribution in [0.4, 0.5) is 0 Å². The Bertz CT molecular complexity index is 613. The highest BCUT2D eigenvalue weighted by molar-refractivity contribution is 7.99. The molecule has 0 aliphatic carbocycles. The van der Waals surface area contributed by atoms with Gasteiger partial charge in [0.05, 0.1) is 17.7 Å². The van der Waals surface area contributed by atoms with Gasteiger partial charge in [0, 0.05) is 9.79 Å². The molecule has 0 aromatic heterocycles. The van der Waals surface area contributed by atoms with Gasteiger partial charge in [0.1, 0.15) is 5.75 Å². The Morgan fingerprint density at radius 1 is 1.26 bits per heavy atom. The van der Waals surface area contributed by atoms with E-state index in [-0.39, 0.29) is 5.56 Å². The molecule has 1 N–H and O–H groups in total. The lowest BCUT2D eigenvalue weighted by atomic mass is 10.2. The standard InChI is InChI=1S/C14H11ClO3S/c1-18-10-3-2-4-11(8-10)19-13-6-5-9(14(16)17)7-12(13)15/h2-8H,1H3,(H,16,17). The number of halogens is 1. The minimum absolute atomic E-state index is 0.181. The number of methoxy groups -OCH3 is 1. The fourth-order valence-corrected chi connectivity index (χ4v) is 2.67. The van der Waals surface area contributed by atoms with Crippen molar-refractivity contribution >= 4 is 29.3 Å². The van der Waals surface area contributed by atoms with Gasteiger partial charge < -0.3 is 9.84 Å². The highest BCUT2D eigenvalue weighted by atomic mass is 35.5. The van der Waals surface area contributed by atoms with Gasteiger partial charge in [-0.05, 0) is 36.4 Å². The molecule has 0 saturated heterocycles. The molecule has 0 fully saturated rings. The van der Waals surface area contributed by atoms with E-state index in [2.05, 4.69) is 0 Å². The second-order valence-electron chi connectivity index (χ2n) is 3.73. The quantitative estimate of drug-likeness (QED) is 0.918. The van der Waals surface area contributed by atoms with Crippen molar-refractivity contribution in [2.75, 3.05) is 7.11 Å². The molecule has 2 aromatic carbocycles. The van der Waals surface area contributed by atoms with Crippen LogP contribution >= 0.6 is 23.4 Å². The first-order chi connectivity index (χ1) is 9.10. The van der Waals surface area contributed by atoms with Gasteiger partial charge in [-0.2, -0.15) is 0 Å². The zero-order chi connectivity index (χ0) is 13.8. The fourth-order valence-electron chi connectivity index (χ4n) is 1.51. The molecule has 0 spiro atoms. The predicted octanol–water partition coefficient (Wildman–Crippen LogP) is 4.20. The monoisotopic (exact) mass is 294 g/mol. The van der Waals surface area contributed by atoms with Crippen LogP contribution < -0.4 is 4.74 Å². The number of hydrogen-bond donors (Lipinski definition) is 1. The van der Waals surface area contributed by atoms with E-state index < -0.39 is 5.97 Å². The lowest BCUT2D eigenvalue weighted by Crippen LogP contribution is -1.95. The minimum Gasteiger partial charge on any atom is -0.497 e. The van der Waals surface area contributed by atoms with Crippen molar-refractivity contribution in [3.05, 3.63) is 53.1 Å². The number of carbonyl (C=O) groups is 1. The van der Waals surface area contributed by atoms with Crippen LogP contribution in [-0.4, -0.2) is 18.2 Å². The van der Waals surface area contributed by atoms with E-state index in [0.29, 0.717) is 5.02 Å². The number of rotatable bonds is 4. The number of carboxylic acid groups (broad SMARTS) is 1. The van der Waals surface area contributed by atoms with Gasteiger partial charge in [-0.1, -0.05) is 29.4 Å². The van der Waals surface area contributed by atoms with Crippen molar-refractivity contribution in [3.63, 3.8) is 0 Å². The van der Waals surface area contributed by atoms with Crippen LogP contribution in [0.5, 0.6) is 5.75 Å². The lowest BCUT2D eigenvalue weighted by molar-refractivity contribution is 0.0697. The first kappa shape index (κ1) is 13.8. The zero-order valence-corrected chi connectivity index (χ0v) is 11.7. The van der Waals surface area contributed by atoms with E-state index in [0.717, 1.165) is 15.5 Å². The summed E-state index contributed by atoms with van der Waals surface area (Å²) in [5, 5.41) is 9.30. The smallest absolute Gasteiger partial charge is 0.335 e. The van der Waals surface area contributed by atoms with Crippen LogP contribution in [0, 0.1) is 0 Å². The second kappa shape index (κ2) is 5.99. The van der Waals surface area contributed by atoms with Gasteiger partial charge in [-0.15, -0.1) is 0 Å². The van der Waals surface area contributed by atoms with Crippen LogP contribution in [0.2, 0.25) is 5.02 Å². The largest absolute Gasteiger partial charge is 0.497 e. The van der Waals surface area contributed by atoms with Crippen molar-refractivity contribution in [3.8, 4) is 5.75 Å².